The third-order valence-corrected chi connectivity index (χ3v) is 6.08. The minimum atomic E-state index is -0.961. The zero-order chi connectivity index (χ0) is 24.5. The second kappa shape index (κ2) is 9.05. The van der Waals surface area contributed by atoms with Crippen molar-refractivity contribution < 1.29 is 28.7 Å². The molecule has 2 aromatic rings. The normalized spacial score (nSPS) is 19.4. The number of amides is 5. The van der Waals surface area contributed by atoms with Gasteiger partial charge in [0.1, 0.15) is 23.6 Å². The molecule has 4 rings (SSSR count). The zero-order valence-electron chi connectivity index (χ0n) is 19.1. The summed E-state index contributed by atoms with van der Waals surface area (Å²) >= 11 is 0. The fraction of sp³-hybridized carbons (Fsp3) is 0.333. The summed E-state index contributed by atoms with van der Waals surface area (Å²) < 4.78 is 10.8. The molecule has 10 heteroatoms. The van der Waals surface area contributed by atoms with Gasteiger partial charge in [0.2, 0.25) is 5.91 Å². The van der Waals surface area contributed by atoms with Crippen LogP contribution in [0.25, 0.3) is 0 Å². The topological polar surface area (TPSA) is 126 Å². The minimum Gasteiger partial charge on any atom is -0.494 e. The van der Waals surface area contributed by atoms with E-state index in [1.807, 2.05) is 6.07 Å². The fourth-order valence-electron chi connectivity index (χ4n) is 4.01. The van der Waals surface area contributed by atoms with Gasteiger partial charge in [-0.05, 0) is 37.8 Å². The number of carbonyl (C=O) groups is 4. The summed E-state index contributed by atoms with van der Waals surface area (Å²) in [5, 5.41) is 8.14. The predicted molar refractivity (Wildman–Crippen MR) is 124 cm³/mol. The molecule has 0 spiro atoms. The number of methoxy groups -OCH3 is 2. The molecule has 0 aromatic heterocycles. The van der Waals surface area contributed by atoms with E-state index in [1.165, 1.54) is 26.4 Å². The van der Waals surface area contributed by atoms with Gasteiger partial charge in [-0.3, -0.25) is 19.3 Å². The van der Waals surface area contributed by atoms with E-state index in [-0.39, 0.29) is 29.0 Å². The first kappa shape index (κ1) is 23.1. The van der Waals surface area contributed by atoms with Crippen molar-refractivity contribution in [1.29, 1.82) is 0 Å². The summed E-state index contributed by atoms with van der Waals surface area (Å²) in [6.45, 7) is 1.25. The Morgan fingerprint density at radius 2 is 1.62 bits per heavy atom. The number of benzene rings is 2. The molecule has 5 amide bonds. The molecule has 10 nitrogen and oxygen atoms in total. The average Bonchev–Trinajstić information content (AvgIpc) is 3.66. The molecule has 178 valence electrons. The lowest BCUT2D eigenvalue weighted by Gasteiger charge is -2.21. The van der Waals surface area contributed by atoms with Crippen molar-refractivity contribution in [2.45, 2.75) is 25.3 Å². The lowest BCUT2D eigenvalue weighted by Crippen LogP contribution is -2.46. The lowest BCUT2D eigenvalue weighted by molar-refractivity contribution is -0.134. The summed E-state index contributed by atoms with van der Waals surface area (Å²) in [6.07, 6.45) is 1.74. The van der Waals surface area contributed by atoms with Gasteiger partial charge in [0.05, 0.1) is 25.6 Å². The van der Waals surface area contributed by atoms with E-state index < -0.39 is 29.9 Å². The minimum absolute atomic E-state index is 0.0972. The fourth-order valence-corrected chi connectivity index (χ4v) is 4.01. The third-order valence-electron chi connectivity index (χ3n) is 6.08. The van der Waals surface area contributed by atoms with E-state index in [0.29, 0.717) is 11.3 Å². The lowest BCUT2D eigenvalue weighted by atomic mass is 9.96. The van der Waals surface area contributed by atoms with Crippen molar-refractivity contribution in [3.63, 3.8) is 0 Å². The molecule has 0 unspecified atom stereocenters. The van der Waals surface area contributed by atoms with Gasteiger partial charge in [-0.15, -0.1) is 0 Å². The Morgan fingerprint density at radius 3 is 2.18 bits per heavy atom. The van der Waals surface area contributed by atoms with E-state index >= 15 is 0 Å². The van der Waals surface area contributed by atoms with E-state index in [1.54, 1.807) is 31.2 Å². The molecule has 1 saturated heterocycles. The zero-order valence-corrected chi connectivity index (χ0v) is 19.1. The van der Waals surface area contributed by atoms with E-state index in [4.69, 9.17) is 9.47 Å². The van der Waals surface area contributed by atoms with Gasteiger partial charge in [0, 0.05) is 17.7 Å². The summed E-state index contributed by atoms with van der Waals surface area (Å²) in [4.78, 5) is 51.3. The van der Waals surface area contributed by atoms with Crippen molar-refractivity contribution in [1.82, 2.24) is 10.2 Å². The van der Waals surface area contributed by atoms with Crippen molar-refractivity contribution >= 4 is 35.1 Å². The molecule has 1 atom stereocenters. The van der Waals surface area contributed by atoms with Gasteiger partial charge in [0.15, 0.2) is 0 Å². The molecule has 34 heavy (non-hydrogen) atoms. The molecule has 2 aliphatic rings. The summed E-state index contributed by atoms with van der Waals surface area (Å²) in [5.74, 6) is -0.673. The number of urea groups is 1. The molecular weight excluding hydrogens is 440 g/mol. The predicted octanol–water partition coefficient (Wildman–Crippen LogP) is 2.62. The number of rotatable bonds is 8. The van der Waals surface area contributed by atoms with E-state index in [0.717, 1.165) is 17.7 Å². The van der Waals surface area contributed by atoms with Crippen LogP contribution in [0, 0.1) is 5.92 Å². The molecule has 2 fully saturated rings. The standard InChI is InChI=1S/C24H26N4O6/c1-24(15-9-10-15)22(31)28(23(32)27-24)13-20(29)25-16-11-19(34-3)17(12-18(16)33-2)26-21(30)14-7-5-4-6-8-14/h4-8,11-12,15H,9-10,13H2,1-3H3,(H,25,29)(H,26,30)(H,27,32)/t24-/m1/s1. The van der Waals surface area contributed by atoms with Crippen LogP contribution < -0.4 is 25.4 Å². The number of hydrogen-bond acceptors (Lipinski definition) is 6. The van der Waals surface area contributed by atoms with Gasteiger partial charge in [-0.2, -0.15) is 0 Å². The number of nitrogens with one attached hydrogen (secondary N) is 3. The van der Waals surface area contributed by atoms with Gasteiger partial charge in [0.25, 0.3) is 11.8 Å². The molecule has 1 aliphatic carbocycles. The Morgan fingerprint density at radius 1 is 1.03 bits per heavy atom. The van der Waals surface area contributed by atoms with Gasteiger partial charge >= 0.3 is 6.03 Å². The molecule has 0 bridgehead atoms. The number of ether oxygens (including phenoxy) is 2. The SMILES string of the molecule is COc1cc(NC(=O)c2ccccc2)c(OC)cc1NC(=O)CN1C(=O)N[C@](C)(C2CC2)C1=O. The largest absolute Gasteiger partial charge is 0.494 e. The highest BCUT2D eigenvalue weighted by molar-refractivity contribution is 6.10. The van der Waals surface area contributed by atoms with Crippen molar-refractivity contribution in [2.24, 2.45) is 5.92 Å². The smallest absolute Gasteiger partial charge is 0.325 e. The number of imide groups is 1. The van der Waals surface area contributed by atoms with Crippen LogP contribution in [-0.2, 0) is 9.59 Å². The Kier molecular flexibility index (Phi) is 6.14. The molecule has 0 radical (unpaired) electrons. The van der Waals surface area contributed by atoms with Gasteiger partial charge < -0.3 is 25.4 Å². The van der Waals surface area contributed by atoms with Crippen LogP contribution in [0.1, 0.15) is 30.1 Å². The van der Waals surface area contributed by atoms with Crippen LogP contribution in [0.4, 0.5) is 16.2 Å². The highest BCUT2D eigenvalue weighted by Crippen LogP contribution is 2.42. The van der Waals surface area contributed by atoms with Crippen molar-refractivity contribution in [3.05, 3.63) is 48.0 Å². The van der Waals surface area contributed by atoms with Crippen LogP contribution >= 0.6 is 0 Å². The third kappa shape index (κ3) is 4.39. The first-order valence-electron chi connectivity index (χ1n) is 10.8. The maximum Gasteiger partial charge on any atom is 0.325 e. The number of hydrogen-bond donors (Lipinski definition) is 3. The molecule has 1 aliphatic heterocycles. The molecule has 3 N–H and O–H groups in total. The Hall–Kier alpha value is -4.08. The van der Waals surface area contributed by atoms with Crippen LogP contribution in [0.3, 0.4) is 0 Å². The quantitative estimate of drug-likeness (QED) is 0.514. The van der Waals surface area contributed by atoms with Gasteiger partial charge in [-0.1, -0.05) is 18.2 Å². The second-order valence-electron chi connectivity index (χ2n) is 8.42. The second-order valence-corrected chi connectivity index (χ2v) is 8.42. The van der Waals surface area contributed by atoms with E-state index in [9.17, 15) is 19.2 Å². The van der Waals surface area contributed by atoms with Crippen molar-refractivity contribution in [2.75, 3.05) is 31.4 Å². The molecule has 1 heterocycles. The van der Waals surface area contributed by atoms with Crippen LogP contribution in [-0.4, -0.2) is 55.0 Å². The maximum absolute atomic E-state index is 12.8. The molecule has 1 saturated carbocycles. The van der Waals surface area contributed by atoms with Crippen LogP contribution in [0.15, 0.2) is 42.5 Å². The Balaban J connectivity index is 1.49. The summed E-state index contributed by atoms with van der Waals surface area (Å²) in [6, 6.07) is 11.1. The first-order valence-corrected chi connectivity index (χ1v) is 10.8. The monoisotopic (exact) mass is 466 g/mol. The highest BCUT2D eigenvalue weighted by atomic mass is 16.5. The Labute approximate surface area is 196 Å². The average molecular weight is 466 g/mol. The molecular formula is C24H26N4O6. The molecule has 2 aromatic carbocycles. The number of carbonyl (C=O) groups excluding carboxylic acids is 4. The summed E-state index contributed by atoms with van der Waals surface area (Å²) in [7, 11) is 2.84. The Bertz CT molecular complexity index is 1150. The van der Waals surface area contributed by atoms with E-state index in [2.05, 4.69) is 16.0 Å². The highest BCUT2D eigenvalue weighted by Gasteiger charge is 2.56. The maximum atomic E-state index is 12.8. The number of nitrogens with zero attached hydrogens (tertiary/aromatic N) is 1. The van der Waals surface area contributed by atoms with Crippen LogP contribution in [0.5, 0.6) is 11.5 Å². The van der Waals surface area contributed by atoms with Crippen molar-refractivity contribution in [3.8, 4) is 11.5 Å². The van der Waals surface area contributed by atoms with Gasteiger partial charge in [-0.25, -0.2) is 4.79 Å². The van der Waals surface area contributed by atoms with Crippen LogP contribution in [0.2, 0.25) is 0 Å². The first-order chi connectivity index (χ1) is 16.3. The summed E-state index contributed by atoms with van der Waals surface area (Å²) in [5.41, 5.74) is 0.115. The number of anilines is 2.